The van der Waals surface area contributed by atoms with Crippen molar-refractivity contribution >= 4 is 10.0 Å². The topological polar surface area (TPSA) is 94.9 Å². The van der Waals surface area contributed by atoms with Crippen LogP contribution in [-0.4, -0.2) is 20.0 Å². The van der Waals surface area contributed by atoms with Crippen LogP contribution < -0.4 is 4.72 Å². The molecule has 1 aliphatic rings. The quantitative estimate of drug-likeness (QED) is 0.525. The molecule has 21 heavy (non-hydrogen) atoms. The highest BCUT2D eigenvalue weighted by Crippen LogP contribution is 2.32. The smallest absolute Gasteiger partial charge is 0.207 e. The summed E-state index contributed by atoms with van der Waals surface area (Å²) in [5.74, 6) is 0. The number of benzene rings is 1. The molecule has 0 radical (unpaired) electrons. The third-order valence-corrected chi connectivity index (χ3v) is 5.68. The molecule has 0 heterocycles. The van der Waals surface area contributed by atoms with E-state index in [-0.39, 0.29) is 10.9 Å². The fourth-order valence-corrected chi connectivity index (χ4v) is 4.23. The monoisotopic (exact) mass is 308 g/mol. The van der Waals surface area contributed by atoms with E-state index in [2.05, 4.69) is 14.7 Å². The van der Waals surface area contributed by atoms with E-state index >= 15 is 0 Å². The molecule has 0 saturated heterocycles. The standard InChI is InChI=1S/C14H20N4O2S/c1-11-6-8-12(9-7-11)21(19,20)17-14(2)10-4-3-5-13(14)16-18-15/h6-9,13,17H,3-5,10H2,1-2H3/t13-,14-/m0/s1. The molecule has 2 rings (SSSR count). The SMILES string of the molecule is Cc1ccc(S(=O)(=O)N[C@@]2(C)CCCC[C@@H]2N=[N+]=[N-])cc1. The van der Waals surface area contributed by atoms with E-state index in [9.17, 15) is 8.42 Å². The molecule has 0 unspecified atom stereocenters. The molecule has 0 aliphatic heterocycles. The van der Waals surface area contributed by atoms with Crippen LogP contribution in [0, 0.1) is 6.92 Å². The number of sulfonamides is 1. The molecule has 1 aromatic rings. The van der Waals surface area contributed by atoms with Crippen LogP contribution in [0.3, 0.4) is 0 Å². The van der Waals surface area contributed by atoms with Gasteiger partial charge < -0.3 is 0 Å². The molecular weight excluding hydrogens is 288 g/mol. The molecule has 2 atom stereocenters. The van der Waals surface area contributed by atoms with Crippen LogP contribution in [0.5, 0.6) is 0 Å². The van der Waals surface area contributed by atoms with Crippen molar-refractivity contribution < 1.29 is 8.42 Å². The predicted octanol–water partition coefficient (Wildman–Crippen LogP) is 3.28. The minimum Gasteiger partial charge on any atom is -0.207 e. The molecule has 0 aromatic heterocycles. The van der Waals surface area contributed by atoms with Gasteiger partial charge in [-0.25, -0.2) is 13.1 Å². The number of aryl methyl sites for hydroxylation is 1. The Bertz CT molecular complexity index is 650. The summed E-state index contributed by atoms with van der Waals surface area (Å²) in [4.78, 5) is 3.10. The maximum absolute atomic E-state index is 12.5. The van der Waals surface area contributed by atoms with Gasteiger partial charge in [0.25, 0.3) is 0 Å². The Hall–Kier alpha value is -1.56. The number of nitrogens with zero attached hydrogens (tertiary/aromatic N) is 3. The van der Waals surface area contributed by atoms with Crippen molar-refractivity contribution in [1.82, 2.24) is 4.72 Å². The van der Waals surface area contributed by atoms with Crippen molar-refractivity contribution in [2.24, 2.45) is 5.11 Å². The van der Waals surface area contributed by atoms with Crippen molar-refractivity contribution in [3.8, 4) is 0 Å². The molecule has 1 N–H and O–H groups in total. The Morgan fingerprint density at radius 1 is 1.33 bits per heavy atom. The van der Waals surface area contributed by atoms with E-state index in [0.29, 0.717) is 12.8 Å². The fraction of sp³-hybridized carbons (Fsp3) is 0.571. The average Bonchev–Trinajstić information content (AvgIpc) is 2.41. The predicted molar refractivity (Wildman–Crippen MR) is 81.3 cm³/mol. The summed E-state index contributed by atoms with van der Waals surface area (Å²) < 4.78 is 27.8. The minimum atomic E-state index is -3.62. The first-order valence-corrected chi connectivity index (χ1v) is 8.50. The van der Waals surface area contributed by atoms with Gasteiger partial charge in [0, 0.05) is 10.5 Å². The van der Waals surface area contributed by atoms with Gasteiger partial charge in [-0.1, -0.05) is 35.7 Å². The van der Waals surface area contributed by atoms with Gasteiger partial charge >= 0.3 is 0 Å². The lowest BCUT2D eigenvalue weighted by Gasteiger charge is -2.39. The minimum absolute atomic E-state index is 0.236. The first-order valence-electron chi connectivity index (χ1n) is 7.02. The molecule has 1 aromatic carbocycles. The highest BCUT2D eigenvalue weighted by atomic mass is 32.2. The van der Waals surface area contributed by atoms with E-state index in [0.717, 1.165) is 18.4 Å². The maximum Gasteiger partial charge on any atom is 0.241 e. The lowest BCUT2D eigenvalue weighted by atomic mass is 9.80. The Morgan fingerprint density at radius 2 is 2.00 bits per heavy atom. The second kappa shape index (κ2) is 6.05. The number of hydrogen-bond donors (Lipinski definition) is 1. The molecule has 1 aliphatic carbocycles. The highest BCUT2D eigenvalue weighted by Gasteiger charge is 2.39. The Labute approximate surface area is 125 Å². The average molecular weight is 308 g/mol. The second-order valence-corrected chi connectivity index (χ2v) is 7.48. The second-order valence-electron chi connectivity index (χ2n) is 5.80. The summed E-state index contributed by atoms with van der Waals surface area (Å²) >= 11 is 0. The molecule has 114 valence electrons. The zero-order valence-corrected chi connectivity index (χ0v) is 13.1. The van der Waals surface area contributed by atoms with E-state index < -0.39 is 15.6 Å². The summed E-state index contributed by atoms with van der Waals surface area (Å²) in [6.07, 6.45) is 3.24. The summed E-state index contributed by atoms with van der Waals surface area (Å²) in [5.41, 5.74) is 8.95. The zero-order chi connectivity index (χ0) is 15.5. The molecule has 0 bridgehead atoms. The van der Waals surface area contributed by atoms with Crippen LogP contribution in [0.1, 0.15) is 38.2 Å². The summed E-state index contributed by atoms with van der Waals surface area (Å²) in [6, 6.07) is 6.36. The largest absolute Gasteiger partial charge is 0.241 e. The third-order valence-electron chi connectivity index (χ3n) is 4.05. The number of azide groups is 1. The number of nitrogens with one attached hydrogen (secondary N) is 1. The van der Waals surface area contributed by atoms with Crippen molar-refractivity contribution in [3.05, 3.63) is 40.3 Å². The van der Waals surface area contributed by atoms with Crippen LogP contribution in [0.4, 0.5) is 0 Å². The van der Waals surface area contributed by atoms with Gasteiger partial charge in [0.1, 0.15) is 0 Å². The van der Waals surface area contributed by atoms with E-state index in [1.165, 1.54) is 0 Å². The van der Waals surface area contributed by atoms with Gasteiger partial charge in [-0.3, -0.25) is 0 Å². The molecular formula is C14H20N4O2S. The van der Waals surface area contributed by atoms with Crippen molar-refractivity contribution in [3.63, 3.8) is 0 Å². The van der Waals surface area contributed by atoms with E-state index in [4.69, 9.17) is 5.53 Å². The lowest BCUT2D eigenvalue weighted by molar-refractivity contribution is 0.251. The van der Waals surface area contributed by atoms with Crippen LogP contribution >= 0.6 is 0 Å². The van der Waals surface area contributed by atoms with Gasteiger partial charge in [0.15, 0.2) is 0 Å². The van der Waals surface area contributed by atoms with E-state index in [1.807, 2.05) is 13.8 Å². The fourth-order valence-electron chi connectivity index (χ4n) is 2.76. The van der Waals surface area contributed by atoms with Gasteiger partial charge in [0.2, 0.25) is 10.0 Å². The summed E-state index contributed by atoms with van der Waals surface area (Å²) in [7, 11) is -3.62. The molecule has 7 heteroatoms. The summed E-state index contributed by atoms with van der Waals surface area (Å²) in [6.45, 7) is 3.72. The first kappa shape index (κ1) is 15.8. The Balaban J connectivity index is 2.29. The van der Waals surface area contributed by atoms with Gasteiger partial charge in [-0.2, -0.15) is 0 Å². The van der Waals surface area contributed by atoms with Crippen molar-refractivity contribution in [2.75, 3.05) is 0 Å². The van der Waals surface area contributed by atoms with Crippen LogP contribution in [0.25, 0.3) is 10.4 Å². The van der Waals surface area contributed by atoms with Crippen LogP contribution in [0.15, 0.2) is 34.3 Å². The normalized spacial score (nSPS) is 26.1. The van der Waals surface area contributed by atoms with E-state index in [1.54, 1.807) is 24.3 Å². The Morgan fingerprint density at radius 3 is 2.62 bits per heavy atom. The highest BCUT2D eigenvalue weighted by molar-refractivity contribution is 7.89. The summed E-state index contributed by atoms with van der Waals surface area (Å²) in [5, 5.41) is 3.78. The number of hydrogen-bond acceptors (Lipinski definition) is 3. The van der Waals surface area contributed by atoms with Gasteiger partial charge in [0.05, 0.1) is 10.9 Å². The zero-order valence-electron chi connectivity index (χ0n) is 12.3. The maximum atomic E-state index is 12.5. The van der Waals surface area contributed by atoms with Crippen molar-refractivity contribution in [1.29, 1.82) is 0 Å². The van der Waals surface area contributed by atoms with Crippen molar-refractivity contribution in [2.45, 2.75) is 56.0 Å². The van der Waals surface area contributed by atoms with Gasteiger partial charge in [-0.15, -0.1) is 0 Å². The molecule has 0 amide bonds. The number of rotatable bonds is 4. The van der Waals surface area contributed by atoms with Crippen LogP contribution in [0.2, 0.25) is 0 Å². The molecule has 1 saturated carbocycles. The lowest BCUT2D eigenvalue weighted by Crippen LogP contribution is -2.54. The third kappa shape index (κ3) is 3.56. The molecule has 0 spiro atoms. The molecule has 6 nitrogen and oxygen atoms in total. The van der Waals surface area contributed by atoms with Crippen LogP contribution in [-0.2, 0) is 10.0 Å². The van der Waals surface area contributed by atoms with Gasteiger partial charge in [-0.05, 0) is 44.4 Å². The molecule has 1 fully saturated rings. The first-order chi connectivity index (χ1) is 9.87. The Kier molecular flexibility index (Phi) is 4.56.